The highest BCUT2D eigenvalue weighted by Crippen LogP contribution is 2.40. The number of pyridine rings is 1. The molecule has 1 radical (unpaired) electrons. The van der Waals surface area contributed by atoms with E-state index in [0.717, 1.165) is 24.2 Å². The average molecular weight is 310 g/mol. The summed E-state index contributed by atoms with van der Waals surface area (Å²) in [7, 11) is 0. The van der Waals surface area contributed by atoms with E-state index in [1.807, 2.05) is 18.2 Å². The van der Waals surface area contributed by atoms with Crippen molar-refractivity contribution >= 4 is 0 Å². The van der Waals surface area contributed by atoms with Crippen molar-refractivity contribution in [1.82, 2.24) is 4.98 Å². The summed E-state index contributed by atoms with van der Waals surface area (Å²) >= 11 is 0. The van der Waals surface area contributed by atoms with Crippen LogP contribution in [-0.4, -0.2) is 11.6 Å². The Kier molecular flexibility index (Phi) is 3.40. The zero-order valence-electron chi connectivity index (χ0n) is 13.6. The zero-order valence-corrected chi connectivity index (χ0v) is 13.6. The molecule has 1 saturated carbocycles. The van der Waals surface area contributed by atoms with Crippen LogP contribution in [-0.2, 0) is 6.42 Å². The number of hydrogen-bond donors (Lipinski definition) is 0. The SMILES string of the molecule is CC1(C)[CH]c2cc(F)c(-c3ccc(OCC4CC4)nc3)cc2C1. The molecule has 4 rings (SSSR count). The Morgan fingerprint density at radius 2 is 2.09 bits per heavy atom. The summed E-state index contributed by atoms with van der Waals surface area (Å²) in [5, 5.41) is 0. The fourth-order valence-corrected chi connectivity index (χ4v) is 3.22. The number of benzene rings is 1. The summed E-state index contributed by atoms with van der Waals surface area (Å²) in [5.74, 6) is 1.13. The van der Waals surface area contributed by atoms with Gasteiger partial charge < -0.3 is 4.74 Å². The van der Waals surface area contributed by atoms with Crippen LogP contribution in [0.2, 0.25) is 0 Å². The van der Waals surface area contributed by atoms with Gasteiger partial charge in [0.05, 0.1) is 6.61 Å². The van der Waals surface area contributed by atoms with E-state index in [-0.39, 0.29) is 11.2 Å². The monoisotopic (exact) mass is 310 g/mol. The minimum Gasteiger partial charge on any atom is -0.477 e. The van der Waals surface area contributed by atoms with Crippen LogP contribution in [0.15, 0.2) is 30.5 Å². The Labute approximate surface area is 136 Å². The second kappa shape index (κ2) is 5.33. The third-order valence-corrected chi connectivity index (χ3v) is 4.63. The maximum absolute atomic E-state index is 14.5. The summed E-state index contributed by atoms with van der Waals surface area (Å²) < 4.78 is 20.1. The number of halogens is 1. The summed E-state index contributed by atoms with van der Waals surface area (Å²) in [5.41, 5.74) is 3.76. The molecule has 0 spiro atoms. The molecule has 0 aliphatic heterocycles. The van der Waals surface area contributed by atoms with Gasteiger partial charge in [0.15, 0.2) is 0 Å². The fraction of sp³-hybridized carbons (Fsp3) is 0.400. The van der Waals surface area contributed by atoms with E-state index >= 15 is 0 Å². The van der Waals surface area contributed by atoms with E-state index in [1.165, 1.54) is 18.4 Å². The van der Waals surface area contributed by atoms with Crippen LogP contribution in [0, 0.1) is 23.6 Å². The maximum Gasteiger partial charge on any atom is 0.213 e. The molecule has 1 aromatic heterocycles. The minimum atomic E-state index is -0.189. The lowest BCUT2D eigenvalue weighted by Gasteiger charge is -2.14. The van der Waals surface area contributed by atoms with Crippen LogP contribution in [0.25, 0.3) is 11.1 Å². The smallest absolute Gasteiger partial charge is 0.213 e. The van der Waals surface area contributed by atoms with Gasteiger partial charge in [-0.2, -0.15) is 0 Å². The van der Waals surface area contributed by atoms with Gasteiger partial charge in [0.2, 0.25) is 5.88 Å². The number of fused-ring (bicyclic) bond motifs is 1. The zero-order chi connectivity index (χ0) is 16.0. The van der Waals surface area contributed by atoms with Gasteiger partial charge in [0, 0.05) is 23.4 Å². The van der Waals surface area contributed by atoms with Crippen molar-refractivity contribution < 1.29 is 9.13 Å². The quantitative estimate of drug-likeness (QED) is 0.808. The Morgan fingerprint density at radius 1 is 1.26 bits per heavy atom. The Bertz CT molecular complexity index is 732. The van der Waals surface area contributed by atoms with Gasteiger partial charge in [-0.3, -0.25) is 0 Å². The van der Waals surface area contributed by atoms with Crippen molar-refractivity contribution in [2.24, 2.45) is 11.3 Å². The first kappa shape index (κ1) is 14.7. The highest BCUT2D eigenvalue weighted by molar-refractivity contribution is 5.66. The van der Waals surface area contributed by atoms with Crippen LogP contribution < -0.4 is 4.74 Å². The lowest BCUT2D eigenvalue weighted by molar-refractivity contribution is 0.288. The lowest BCUT2D eigenvalue weighted by atomic mass is 9.90. The minimum absolute atomic E-state index is 0.103. The summed E-state index contributed by atoms with van der Waals surface area (Å²) in [6.07, 6.45) is 7.32. The Balaban J connectivity index is 1.58. The number of hydrogen-bond acceptors (Lipinski definition) is 2. The number of aromatic nitrogens is 1. The van der Waals surface area contributed by atoms with E-state index in [9.17, 15) is 4.39 Å². The topological polar surface area (TPSA) is 22.1 Å². The van der Waals surface area contributed by atoms with E-state index in [0.29, 0.717) is 17.4 Å². The second-order valence-corrected chi connectivity index (χ2v) is 7.48. The number of nitrogens with zero attached hydrogens (tertiary/aromatic N) is 1. The molecule has 0 bridgehead atoms. The van der Waals surface area contributed by atoms with E-state index in [4.69, 9.17) is 4.74 Å². The largest absolute Gasteiger partial charge is 0.477 e. The van der Waals surface area contributed by atoms with Crippen molar-refractivity contribution in [1.29, 1.82) is 0 Å². The molecule has 0 N–H and O–H groups in total. The highest BCUT2D eigenvalue weighted by atomic mass is 19.1. The normalized spacial score (nSPS) is 18.7. The molecule has 2 aliphatic rings. The first-order chi connectivity index (χ1) is 11.0. The molecule has 0 atom stereocenters. The molecule has 2 nitrogen and oxygen atoms in total. The molecule has 1 heterocycles. The van der Waals surface area contributed by atoms with Crippen molar-refractivity contribution in [3.8, 4) is 17.0 Å². The molecule has 2 aliphatic carbocycles. The van der Waals surface area contributed by atoms with Crippen molar-refractivity contribution in [2.45, 2.75) is 33.1 Å². The molecular weight excluding hydrogens is 289 g/mol. The van der Waals surface area contributed by atoms with Crippen LogP contribution in [0.5, 0.6) is 5.88 Å². The predicted octanol–water partition coefficient (Wildman–Crippen LogP) is 4.81. The van der Waals surface area contributed by atoms with Gasteiger partial charge in [-0.15, -0.1) is 0 Å². The molecule has 1 aromatic carbocycles. The average Bonchev–Trinajstić information content (AvgIpc) is 3.27. The highest BCUT2D eigenvalue weighted by Gasteiger charge is 2.30. The molecule has 23 heavy (non-hydrogen) atoms. The third kappa shape index (κ3) is 3.10. The lowest BCUT2D eigenvalue weighted by Crippen LogP contribution is -2.07. The van der Waals surface area contributed by atoms with Gasteiger partial charge in [-0.1, -0.05) is 13.8 Å². The van der Waals surface area contributed by atoms with Crippen molar-refractivity contribution in [2.75, 3.05) is 6.61 Å². The Morgan fingerprint density at radius 3 is 2.78 bits per heavy atom. The fourth-order valence-electron chi connectivity index (χ4n) is 3.22. The van der Waals surface area contributed by atoms with Crippen molar-refractivity contribution in [3.63, 3.8) is 0 Å². The Hall–Kier alpha value is -1.90. The van der Waals surface area contributed by atoms with E-state index in [1.54, 1.807) is 12.3 Å². The first-order valence-electron chi connectivity index (χ1n) is 8.28. The van der Waals surface area contributed by atoms with Crippen LogP contribution in [0.1, 0.15) is 37.8 Å². The predicted molar refractivity (Wildman–Crippen MR) is 88.7 cm³/mol. The first-order valence-corrected chi connectivity index (χ1v) is 8.28. The van der Waals surface area contributed by atoms with E-state index < -0.39 is 0 Å². The second-order valence-electron chi connectivity index (χ2n) is 7.48. The molecule has 3 heteroatoms. The summed E-state index contributed by atoms with van der Waals surface area (Å²) in [6, 6.07) is 7.35. The van der Waals surface area contributed by atoms with Gasteiger partial charge in [-0.05, 0) is 66.3 Å². The third-order valence-electron chi connectivity index (χ3n) is 4.63. The van der Waals surface area contributed by atoms with E-state index in [2.05, 4.69) is 25.3 Å². The molecule has 119 valence electrons. The molecule has 0 saturated heterocycles. The molecule has 1 fully saturated rings. The van der Waals surface area contributed by atoms with Gasteiger partial charge in [0.25, 0.3) is 0 Å². The molecule has 0 amide bonds. The van der Waals surface area contributed by atoms with Gasteiger partial charge in [0.1, 0.15) is 5.82 Å². The van der Waals surface area contributed by atoms with Crippen LogP contribution >= 0.6 is 0 Å². The number of rotatable bonds is 4. The molecule has 0 unspecified atom stereocenters. The van der Waals surface area contributed by atoms with Gasteiger partial charge in [-0.25, -0.2) is 9.37 Å². The summed E-state index contributed by atoms with van der Waals surface area (Å²) in [4.78, 5) is 4.32. The number of ether oxygens (including phenoxy) is 1. The molecule has 2 aromatic rings. The van der Waals surface area contributed by atoms with Crippen LogP contribution in [0.4, 0.5) is 4.39 Å². The van der Waals surface area contributed by atoms with Gasteiger partial charge >= 0.3 is 0 Å². The molecular formula is C20H21FNO. The standard InChI is InChI=1S/C20H21FNO/c1-20(2)9-15-7-17(18(21)8-16(15)10-20)14-5-6-19(22-11-14)23-12-13-3-4-13/h5-8,10-11,13H,3-4,9,12H2,1-2H3. The maximum atomic E-state index is 14.5. The summed E-state index contributed by atoms with van der Waals surface area (Å²) in [6.45, 7) is 5.10. The van der Waals surface area contributed by atoms with Crippen LogP contribution in [0.3, 0.4) is 0 Å². The van der Waals surface area contributed by atoms with Crippen molar-refractivity contribution in [3.05, 3.63) is 53.8 Å².